The third kappa shape index (κ3) is 3.50. The molecule has 8 heteroatoms. The molecule has 1 aliphatic heterocycles. The van der Waals surface area contributed by atoms with Gasteiger partial charge in [0, 0.05) is 32.7 Å². The van der Waals surface area contributed by atoms with Crippen LogP contribution in [0.3, 0.4) is 0 Å². The molecule has 2 rings (SSSR count). The van der Waals surface area contributed by atoms with E-state index in [0.29, 0.717) is 45.0 Å². The number of hydrogen-bond acceptors (Lipinski definition) is 5. The van der Waals surface area contributed by atoms with Crippen LogP contribution in [0.1, 0.15) is 17.4 Å². The van der Waals surface area contributed by atoms with Crippen molar-refractivity contribution in [3.05, 3.63) is 11.9 Å². The van der Waals surface area contributed by atoms with Crippen molar-refractivity contribution in [2.45, 2.75) is 6.92 Å². The van der Waals surface area contributed by atoms with Gasteiger partial charge in [0.15, 0.2) is 5.69 Å². The zero-order chi connectivity index (χ0) is 13.7. The van der Waals surface area contributed by atoms with E-state index in [1.54, 1.807) is 4.90 Å². The number of carbonyl (C=O) groups excluding carboxylic acids is 2. The largest absolute Gasteiger partial charge is 0.355 e. The number of aromatic nitrogens is 3. The summed E-state index contributed by atoms with van der Waals surface area (Å²) < 4.78 is 0. The van der Waals surface area contributed by atoms with E-state index < -0.39 is 0 Å². The number of rotatable bonds is 4. The van der Waals surface area contributed by atoms with Crippen molar-refractivity contribution in [1.82, 2.24) is 30.5 Å². The van der Waals surface area contributed by atoms with Gasteiger partial charge in [0.25, 0.3) is 5.91 Å². The summed E-state index contributed by atoms with van der Waals surface area (Å²) >= 11 is 0. The Labute approximate surface area is 111 Å². The molecule has 1 aromatic rings. The quantitative estimate of drug-likeness (QED) is 0.706. The smallest absolute Gasteiger partial charge is 0.276 e. The molecule has 2 heterocycles. The van der Waals surface area contributed by atoms with Gasteiger partial charge in [0.1, 0.15) is 0 Å². The van der Waals surface area contributed by atoms with E-state index >= 15 is 0 Å². The second-order valence-corrected chi connectivity index (χ2v) is 4.38. The maximum absolute atomic E-state index is 12.0. The van der Waals surface area contributed by atoms with Crippen LogP contribution in [0.25, 0.3) is 0 Å². The van der Waals surface area contributed by atoms with Gasteiger partial charge in [-0.15, -0.1) is 0 Å². The van der Waals surface area contributed by atoms with Crippen LogP contribution in [0, 0.1) is 0 Å². The summed E-state index contributed by atoms with van der Waals surface area (Å²) in [6, 6.07) is 0. The second-order valence-electron chi connectivity index (χ2n) is 4.38. The van der Waals surface area contributed by atoms with Crippen LogP contribution in [0.15, 0.2) is 6.20 Å². The average Bonchev–Trinajstić information content (AvgIpc) is 2.93. The molecule has 0 bridgehead atoms. The minimum Gasteiger partial charge on any atom is -0.355 e. The van der Waals surface area contributed by atoms with Gasteiger partial charge in [-0.05, 0) is 6.92 Å². The van der Waals surface area contributed by atoms with Crippen molar-refractivity contribution in [1.29, 1.82) is 0 Å². The van der Waals surface area contributed by atoms with Gasteiger partial charge < -0.3 is 10.2 Å². The predicted octanol–water partition coefficient (Wildman–Crippen LogP) is -1.30. The fraction of sp³-hybridized carbons (Fsp3) is 0.636. The number of H-pyrrole nitrogens is 1. The minimum atomic E-state index is -0.119. The molecule has 1 aliphatic rings. The standard InChI is InChI=1S/C11H18N6O2/c1-2-12-10(18)8-16-3-5-17(6-4-16)11(19)9-7-13-15-14-9/h7H,2-6,8H2,1H3,(H,12,18)(H,13,14,15). The van der Waals surface area contributed by atoms with E-state index in [2.05, 4.69) is 20.7 Å². The first-order valence-corrected chi connectivity index (χ1v) is 6.34. The molecule has 0 saturated carbocycles. The Morgan fingerprint density at radius 1 is 1.37 bits per heavy atom. The maximum Gasteiger partial charge on any atom is 0.276 e. The molecule has 8 nitrogen and oxygen atoms in total. The summed E-state index contributed by atoms with van der Waals surface area (Å²) in [5.41, 5.74) is 0.331. The van der Waals surface area contributed by atoms with E-state index in [0.717, 1.165) is 0 Å². The fourth-order valence-electron chi connectivity index (χ4n) is 2.03. The molecule has 2 amide bonds. The van der Waals surface area contributed by atoms with Crippen molar-refractivity contribution in [3.63, 3.8) is 0 Å². The number of aromatic amines is 1. The fourth-order valence-corrected chi connectivity index (χ4v) is 2.03. The number of hydrogen-bond donors (Lipinski definition) is 2. The van der Waals surface area contributed by atoms with Crippen LogP contribution in [-0.4, -0.2) is 76.3 Å². The third-order valence-electron chi connectivity index (χ3n) is 3.03. The lowest BCUT2D eigenvalue weighted by Crippen LogP contribution is -2.51. The van der Waals surface area contributed by atoms with Gasteiger partial charge in [-0.1, -0.05) is 0 Å². The zero-order valence-electron chi connectivity index (χ0n) is 10.9. The van der Waals surface area contributed by atoms with E-state index in [1.165, 1.54) is 6.20 Å². The Morgan fingerprint density at radius 2 is 2.11 bits per heavy atom. The van der Waals surface area contributed by atoms with Crippen molar-refractivity contribution in [2.75, 3.05) is 39.3 Å². The van der Waals surface area contributed by atoms with Gasteiger partial charge in [0.05, 0.1) is 12.7 Å². The van der Waals surface area contributed by atoms with Crippen LogP contribution < -0.4 is 5.32 Å². The van der Waals surface area contributed by atoms with Crippen molar-refractivity contribution in [3.8, 4) is 0 Å². The second kappa shape index (κ2) is 6.28. The molecule has 1 aromatic heterocycles. The first-order valence-electron chi connectivity index (χ1n) is 6.34. The summed E-state index contributed by atoms with van der Waals surface area (Å²) in [7, 11) is 0. The molecule has 0 atom stereocenters. The summed E-state index contributed by atoms with van der Waals surface area (Å²) in [6.07, 6.45) is 1.42. The first kappa shape index (κ1) is 13.5. The molecular formula is C11H18N6O2. The summed E-state index contributed by atoms with van der Waals surface area (Å²) in [6.45, 7) is 5.52. The molecule has 104 valence electrons. The molecule has 2 N–H and O–H groups in total. The molecule has 1 fully saturated rings. The van der Waals surface area contributed by atoms with E-state index in [1.807, 2.05) is 11.8 Å². The molecule has 0 unspecified atom stereocenters. The normalized spacial score (nSPS) is 16.4. The SMILES string of the molecule is CCNC(=O)CN1CCN(C(=O)c2cn[nH]n2)CC1. The lowest BCUT2D eigenvalue weighted by atomic mass is 10.3. The molecular weight excluding hydrogens is 248 g/mol. The Morgan fingerprint density at radius 3 is 2.68 bits per heavy atom. The lowest BCUT2D eigenvalue weighted by molar-refractivity contribution is -0.122. The highest BCUT2D eigenvalue weighted by Crippen LogP contribution is 2.05. The van der Waals surface area contributed by atoms with Crippen molar-refractivity contribution >= 4 is 11.8 Å². The molecule has 0 aromatic carbocycles. The molecule has 19 heavy (non-hydrogen) atoms. The predicted molar refractivity (Wildman–Crippen MR) is 67.4 cm³/mol. The number of carbonyl (C=O) groups is 2. The lowest BCUT2D eigenvalue weighted by Gasteiger charge is -2.33. The maximum atomic E-state index is 12.0. The van der Waals surface area contributed by atoms with Gasteiger partial charge in [-0.2, -0.15) is 15.4 Å². The van der Waals surface area contributed by atoms with Crippen LogP contribution >= 0.6 is 0 Å². The van der Waals surface area contributed by atoms with E-state index in [-0.39, 0.29) is 11.8 Å². The van der Waals surface area contributed by atoms with E-state index in [4.69, 9.17) is 0 Å². The number of nitrogens with one attached hydrogen (secondary N) is 2. The Bertz CT molecular complexity index is 424. The van der Waals surface area contributed by atoms with E-state index in [9.17, 15) is 9.59 Å². The molecule has 0 radical (unpaired) electrons. The Hall–Kier alpha value is -1.96. The van der Waals surface area contributed by atoms with Crippen LogP contribution in [0.4, 0.5) is 0 Å². The Kier molecular flexibility index (Phi) is 4.45. The summed E-state index contributed by atoms with van der Waals surface area (Å²) in [5, 5.41) is 12.6. The van der Waals surface area contributed by atoms with Gasteiger partial charge in [-0.3, -0.25) is 14.5 Å². The summed E-state index contributed by atoms with van der Waals surface area (Å²) in [5.74, 6) is -0.0924. The Balaban J connectivity index is 1.79. The molecule has 0 spiro atoms. The van der Waals surface area contributed by atoms with Gasteiger partial charge in [0.2, 0.25) is 5.91 Å². The monoisotopic (exact) mass is 266 g/mol. The number of nitrogens with zero attached hydrogens (tertiary/aromatic N) is 4. The number of likely N-dealkylation sites (N-methyl/N-ethyl adjacent to an activating group) is 1. The highest BCUT2D eigenvalue weighted by molar-refractivity contribution is 5.92. The minimum absolute atomic E-state index is 0.0266. The average molecular weight is 266 g/mol. The van der Waals surface area contributed by atoms with Crippen molar-refractivity contribution < 1.29 is 9.59 Å². The number of piperazine rings is 1. The number of amides is 2. The summed E-state index contributed by atoms with van der Waals surface area (Å²) in [4.78, 5) is 27.2. The first-order chi connectivity index (χ1) is 9.20. The van der Waals surface area contributed by atoms with Crippen LogP contribution in [0.5, 0.6) is 0 Å². The highest BCUT2D eigenvalue weighted by Gasteiger charge is 2.24. The topological polar surface area (TPSA) is 94.2 Å². The zero-order valence-corrected chi connectivity index (χ0v) is 10.9. The van der Waals surface area contributed by atoms with Crippen LogP contribution in [0.2, 0.25) is 0 Å². The third-order valence-corrected chi connectivity index (χ3v) is 3.03. The molecule has 1 saturated heterocycles. The van der Waals surface area contributed by atoms with Gasteiger partial charge >= 0.3 is 0 Å². The molecule has 0 aliphatic carbocycles. The van der Waals surface area contributed by atoms with Crippen molar-refractivity contribution in [2.24, 2.45) is 0 Å². The van der Waals surface area contributed by atoms with Gasteiger partial charge in [-0.25, -0.2) is 0 Å². The van der Waals surface area contributed by atoms with Crippen LogP contribution in [-0.2, 0) is 4.79 Å². The highest BCUT2D eigenvalue weighted by atomic mass is 16.2.